The van der Waals surface area contributed by atoms with Crippen LogP contribution in [0.2, 0.25) is 0 Å². The van der Waals surface area contributed by atoms with E-state index < -0.39 is 0 Å². The van der Waals surface area contributed by atoms with Gasteiger partial charge >= 0.3 is 0 Å². The zero-order chi connectivity index (χ0) is 11.8. The number of rotatable bonds is 2. The fourth-order valence-electron chi connectivity index (χ4n) is 1.97. The first-order valence-corrected chi connectivity index (χ1v) is 5.41. The van der Waals surface area contributed by atoms with Gasteiger partial charge in [0.1, 0.15) is 17.1 Å². The molecule has 0 atom stereocenters. The predicted molar refractivity (Wildman–Crippen MR) is 61.4 cm³/mol. The molecule has 3 nitrogen and oxygen atoms in total. The van der Waals surface area contributed by atoms with Crippen molar-refractivity contribution in [3.05, 3.63) is 23.3 Å². The molecular weight excluding hydrogens is 204 g/mol. The Balaban J connectivity index is 2.46. The van der Waals surface area contributed by atoms with Crippen LogP contribution in [-0.2, 0) is 6.42 Å². The largest absolute Gasteiger partial charge is 0.496 e. The van der Waals surface area contributed by atoms with Crippen molar-refractivity contribution in [1.82, 2.24) is 0 Å². The molecule has 0 aromatic heterocycles. The molecule has 1 aliphatic rings. The standard InChI is InChI=1S/C13H16O3/c1-13(2)5-4-9-6-10(8-14)11(15-3)7-12(9)16-13/h6-8H,4-5H2,1-3H3. The quantitative estimate of drug-likeness (QED) is 0.719. The summed E-state index contributed by atoms with van der Waals surface area (Å²) in [6.07, 6.45) is 2.72. The van der Waals surface area contributed by atoms with Gasteiger partial charge in [0.25, 0.3) is 0 Å². The van der Waals surface area contributed by atoms with Gasteiger partial charge in [-0.2, -0.15) is 0 Å². The number of fused-ring (bicyclic) bond motifs is 1. The van der Waals surface area contributed by atoms with E-state index in [4.69, 9.17) is 9.47 Å². The van der Waals surface area contributed by atoms with Gasteiger partial charge in [-0.1, -0.05) is 0 Å². The maximum atomic E-state index is 10.9. The average Bonchev–Trinajstić information content (AvgIpc) is 2.26. The molecule has 1 heterocycles. The lowest BCUT2D eigenvalue weighted by atomic mass is 9.93. The summed E-state index contributed by atoms with van der Waals surface area (Å²) < 4.78 is 11.0. The summed E-state index contributed by atoms with van der Waals surface area (Å²) in [5.41, 5.74) is 1.53. The average molecular weight is 220 g/mol. The van der Waals surface area contributed by atoms with Gasteiger partial charge in [-0.15, -0.1) is 0 Å². The van der Waals surface area contributed by atoms with Crippen LogP contribution >= 0.6 is 0 Å². The lowest BCUT2D eigenvalue weighted by Crippen LogP contribution is -2.32. The minimum absolute atomic E-state index is 0.138. The number of benzene rings is 1. The summed E-state index contributed by atoms with van der Waals surface area (Å²) >= 11 is 0. The van der Waals surface area contributed by atoms with Gasteiger partial charge < -0.3 is 9.47 Å². The second-order valence-electron chi connectivity index (χ2n) is 4.68. The van der Waals surface area contributed by atoms with Crippen LogP contribution in [0.15, 0.2) is 12.1 Å². The first kappa shape index (κ1) is 11.0. The summed E-state index contributed by atoms with van der Waals surface area (Å²) in [6, 6.07) is 3.66. The highest BCUT2D eigenvalue weighted by Crippen LogP contribution is 2.36. The maximum absolute atomic E-state index is 10.9. The lowest BCUT2D eigenvalue weighted by Gasteiger charge is -2.32. The monoisotopic (exact) mass is 220 g/mol. The molecule has 16 heavy (non-hydrogen) atoms. The number of aldehydes is 1. The highest BCUT2D eigenvalue weighted by atomic mass is 16.5. The van der Waals surface area contributed by atoms with Gasteiger partial charge in [0.05, 0.1) is 12.7 Å². The van der Waals surface area contributed by atoms with Gasteiger partial charge in [-0.05, 0) is 38.3 Å². The van der Waals surface area contributed by atoms with Crippen molar-refractivity contribution >= 4 is 6.29 Å². The minimum Gasteiger partial charge on any atom is -0.496 e. The Morgan fingerprint density at radius 2 is 2.19 bits per heavy atom. The normalized spacial score (nSPS) is 17.2. The molecule has 0 fully saturated rings. The highest BCUT2D eigenvalue weighted by molar-refractivity contribution is 5.80. The van der Waals surface area contributed by atoms with Crippen LogP contribution in [0.4, 0.5) is 0 Å². The first-order valence-electron chi connectivity index (χ1n) is 5.41. The van der Waals surface area contributed by atoms with E-state index in [2.05, 4.69) is 13.8 Å². The second kappa shape index (κ2) is 3.81. The van der Waals surface area contributed by atoms with Crippen molar-refractivity contribution in [3.8, 4) is 11.5 Å². The van der Waals surface area contributed by atoms with Crippen molar-refractivity contribution in [2.45, 2.75) is 32.3 Å². The number of carbonyl (C=O) groups excluding carboxylic acids is 1. The van der Waals surface area contributed by atoms with E-state index in [-0.39, 0.29) is 5.60 Å². The van der Waals surface area contributed by atoms with Crippen molar-refractivity contribution in [3.63, 3.8) is 0 Å². The fourth-order valence-corrected chi connectivity index (χ4v) is 1.97. The fraction of sp³-hybridized carbons (Fsp3) is 0.462. The number of hydrogen-bond donors (Lipinski definition) is 0. The Morgan fingerprint density at radius 1 is 1.44 bits per heavy atom. The number of ether oxygens (including phenoxy) is 2. The molecule has 1 aromatic rings. The molecule has 86 valence electrons. The van der Waals surface area contributed by atoms with Crippen LogP contribution < -0.4 is 9.47 Å². The highest BCUT2D eigenvalue weighted by Gasteiger charge is 2.27. The van der Waals surface area contributed by atoms with Gasteiger partial charge in [0.15, 0.2) is 6.29 Å². The van der Waals surface area contributed by atoms with E-state index in [0.717, 1.165) is 30.4 Å². The van der Waals surface area contributed by atoms with E-state index in [1.54, 1.807) is 13.2 Å². The van der Waals surface area contributed by atoms with Gasteiger partial charge in [-0.25, -0.2) is 0 Å². The number of hydrogen-bond acceptors (Lipinski definition) is 3. The molecule has 0 radical (unpaired) electrons. The van der Waals surface area contributed by atoms with E-state index in [0.29, 0.717) is 11.3 Å². The van der Waals surface area contributed by atoms with Crippen LogP contribution in [0.5, 0.6) is 11.5 Å². The van der Waals surface area contributed by atoms with Crippen LogP contribution in [0.25, 0.3) is 0 Å². The SMILES string of the molecule is COc1cc2c(cc1C=O)CCC(C)(C)O2. The molecule has 0 unspecified atom stereocenters. The smallest absolute Gasteiger partial charge is 0.153 e. The molecule has 0 amide bonds. The molecule has 3 heteroatoms. The Hall–Kier alpha value is -1.51. The number of carbonyl (C=O) groups is 1. The molecule has 1 aliphatic heterocycles. The van der Waals surface area contributed by atoms with Crippen LogP contribution in [0, 0.1) is 0 Å². The first-order chi connectivity index (χ1) is 7.55. The molecule has 0 aliphatic carbocycles. The molecular formula is C13H16O3. The van der Waals surface area contributed by atoms with Crippen molar-refractivity contribution in [2.24, 2.45) is 0 Å². The summed E-state index contributed by atoms with van der Waals surface area (Å²) in [4.78, 5) is 10.9. The summed E-state index contributed by atoms with van der Waals surface area (Å²) in [5, 5.41) is 0. The third-order valence-corrected chi connectivity index (χ3v) is 2.92. The summed E-state index contributed by atoms with van der Waals surface area (Å²) in [7, 11) is 1.56. The lowest BCUT2D eigenvalue weighted by molar-refractivity contribution is 0.0842. The molecule has 0 saturated carbocycles. The van der Waals surface area contributed by atoms with Crippen LogP contribution in [0.1, 0.15) is 36.2 Å². The number of methoxy groups -OCH3 is 1. The summed E-state index contributed by atoms with van der Waals surface area (Å²) in [6.45, 7) is 4.13. The molecule has 1 aromatic carbocycles. The maximum Gasteiger partial charge on any atom is 0.153 e. The predicted octanol–water partition coefficient (Wildman–Crippen LogP) is 2.61. The van der Waals surface area contributed by atoms with Crippen LogP contribution in [-0.4, -0.2) is 19.0 Å². The molecule has 0 spiro atoms. The van der Waals surface area contributed by atoms with Crippen molar-refractivity contribution in [2.75, 3.05) is 7.11 Å². The number of aryl methyl sites for hydroxylation is 1. The third kappa shape index (κ3) is 1.90. The van der Waals surface area contributed by atoms with E-state index in [1.807, 2.05) is 6.07 Å². The molecule has 2 rings (SSSR count). The molecule has 0 N–H and O–H groups in total. The molecule has 0 bridgehead atoms. The Morgan fingerprint density at radius 3 is 2.81 bits per heavy atom. The van der Waals surface area contributed by atoms with Gasteiger partial charge in [0.2, 0.25) is 0 Å². The zero-order valence-electron chi connectivity index (χ0n) is 9.87. The van der Waals surface area contributed by atoms with Crippen molar-refractivity contribution in [1.29, 1.82) is 0 Å². The van der Waals surface area contributed by atoms with E-state index in [1.165, 1.54) is 0 Å². The van der Waals surface area contributed by atoms with Gasteiger partial charge in [0, 0.05) is 6.07 Å². The Kier molecular flexibility index (Phi) is 2.62. The third-order valence-electron chi connectivity index (χ3n) is 2.92. The zero-order valence-corrected chi connectivity index (χ0v) is 9.87. The van der Waals surface area contributed by atoms with E-state index in [9.17, 15) is 4.79 Å². The van der Waals surface area contributed by atoms with Crippen molar-refractivity contribution < 1.29 is 14.3 Å². The van der Waals surface area contributed by atoms with E-state index >= 15 is 0 Å². The Labute approximate surface area is 95.4 Å². The van der Waals surface area contributed by atoms with Gasteiger partial charge in [-0.3, -0.25) is 4.79 Å². The van der Waals surface area contributed by atoms with Crippen LogP contribution in [0.3, 0.4) is 0 Å². The molecule has 0 saturated heterocycles. The minimum atomic E-state index is -0.138. The topological polar surface area (TPSA) is 35.5 Å². The summed E-state index contributed by atoms with van der Waals surface area (Å²) in [5.74, 6) is 1.41. The Bertz CT molecular complexity index is 421. The second-order valence-corrected chi connectivity index (χ2v) is 4.68.